The molecule has 3 rings (SSSR count). The van der Waals surface area contributed by atoms with Crippen LogP contribution in [-0.4, -0.2) is 39.8 Å². The Labute approximate surface area is 143 Å². The van der Waals surface area contributed by atoms with Gasteiger partial charge in [0, 0.05) is 0 Å². The number of rotatable bonds is 4. The van der Waals surface area contributed by atoms with Crippen molar-refractivity contribution in [1.29, 1.82) is 0 Å². The molecule has 0 saturated carbocycles. The second-order valence-electron chi connectivity index (χ2n) is 6.17. The Kier molecular flexibility index (Phi) is 4.00. The van der Waals surface area contributed by atoms with Gasteiger partial charge in [-0.05, 0) is 38.0 Å². The minimum absolute atomic E-state index is 0.329. The first kappa shape index (κ1) is 16.4. The largest absolute Gasteiger partial charge is 0.325 e. The molecule has 2 aromatic rings. The minimum atomic E-state index is -0.982. The van der Waals surface area contributed by atoms with E-state index in [0.717, 1.165) is 21.5 Å². The van der Waals surface area contributed by atoms with Crippen molar-refractivity contribution in [3.8, 4) is 0 Å². The number of nitrogens with zero attached hydrogens (tertiary/aromatic N) is 2. The van der Waals surface area contributed by atoms with Crippen molar-refractivity contribution in [2.75, 3.05) is 11.9 Å². The highest BCUT2D eigenvalue weighted by molar-refractivity contribution is 7.22. The second-order valence-corrected chi connectivity index (χ2v) is 7.20. The molecule has 8 heteroatoms. The number of nitrogens with one attached hydrogen (secondary N) is 2. The molecule has 4 amide bonds. The average Bonchev–Trinajstić information content (AvgIpc) is 2.99. The van der Waals surface area contributed by atoms with Gasteiger partial charge in [-0.2, -0.15) is 0 Å². The Morgan fingerprint density at radius 3 is 2.75 bits per heavy atom. The van der Waals surface area contributed by atoms with Crippen LogP contribution in [0.3, 0.4) is 0 Å². The van der Waals surface area contributed by atoms with Gasteiger partial charge in [-0.25, -0.2) is 9.78 Å². The maximum absolute atomic E-state index is 12.2. The second kappa shape index (κ2) is 5.86. The van der Waals surface area contributed by atoms with E-state index in [1.54, 1.807) is 13.8 Å². The molecule has 7 nitrogen and oxygen atoms in total. The fraction of sp³-hybridized carbons (Fsp3) is 0.375. The van der Waals surface area contributed by atoms with E-state index in [0.29, 0.717) is 5.13 Å². The topological polar surface area (TPSA) is 91.4 Å². The number of fused-ring (bicyclic) bond motifs is 1. The molecule has 0 spiro atoms. The Bertz CT molecular complexity index is 843. The van der Waals surface area contributed by atoms with Gasteiger partial charge in [0.1, 0.15) is 12.1 Å². The first-order valence-electron chi connectivity index (χ1n) is 7.63. The summed E-state index contributed by atoms with van der Waals surface area (Å²) in [7, 11) is 0. The fourth-order valence-corrected chi connectivity index (χ4v) is 3.45. The summed E-state index contributed by atoms with van der Waals surface area (Å²) in [5.74, 6) is -0.870. The molecule has 1 saturated heterocycles. The van der Waals surface area contributed by atoms with Crippen LogP contribution in [0.1, 0.15) is 26.3 Å². The molecule has 0 radical (unpaired) electrons. The van der Waals surface area contributed by atoms with Crippen molar-refractivity contribution < 1.29 is 14.4 Å². The molecule has 0 unspecified atom stereocenters. The van der Waals surface area contributed by atoms with Crippen molar-refractivity contribution in [1.82, 2.24) is 15.2 Å². The molecule has 1 aromatic carbocycles. The van der Waals surface area contributed by atoms with Gasteiger partial charge < -0.3 is 10.6 Å². The van der Waals surface area contributed by atoms with Crippen molar-refractivity contribution in [2.24, 2.45) is 0 Å². The van der Waals surface area contributed by atoms with Crippen molar-refractivity contribution in [3.63, 3.8) is 0 Å². The third-order valence-electron chi connectivity index (χ3n) is 3.85. The number of carbonyl (C=O) groups excluding carboxylic acids is 3. The van der Waals surface area contributed by atoms with Gasteiger partial charge >= 0.3 is 6.03 Å². The Balaban J connectivity index is 1.71. The summed E-state index contributed by atoms with van der Waals surface area (Å²) in [4.78, 5) is 41.3. The van der Waals surface area contributed by atoms with Gasteiger partial charge in [0.15, 0.2) is 5.13 Å². The zero-order chi connectivity index (χ0) is 17.5. The summed E-state index contributed by atoms with van der Waals surface area (Å²) in [6.45, 7) is 4.95. The number of aromatic nitrogens is 1. The van der Waals surface area contributed by atoms with E-state index in [4.69, 9.17) is 0 Å². The van der Waals surface area contributed by atoms with Crippen LogP contribution in [-0.2, 0) is 16.0 Å². The molecular weight excluding hydrogens is 328 g/mol. The highest BCUT2D eigenvalue weighted by Gasteiger charge is 2.44. The summed E-state index contributed by atoms with van der Waals surface area (Å²) in [6, 6.07) is 5.41. The third kappa shape index (κ3) is 2.96. The van der Waals surface area contributed by atoms with E-state index < -0.39 is 23.4 Å². The van der Waals surface area contributed by atoms with E-state index in [9.17, 15) is 14.4 Å². The number of hydrogen-bond donors (Lipinski definition) is 2. The Hall–Kier alpha value is -2.48. The van der Waals surface area contributed by atoms with Crippen LogP contribution in [0, 0.1) is 0 Å². The molecule has 1 aromatic heterocycles. The molecule has 126 valence electrons. The van der Waals surface area contributed by atoms with Gasteiger partial charge in [-0.3, -0.25) is 14.5 Å². The van der Waals surface area contributed by atoms with Crippen LogP contribution < -0.4 is 10.6 Å². The molecule has 2 heterocycles. The van der Waals surface area contributed by atoms with Crippen LogP contribution in [0.4, 0.5) is 9.93 Å². The lowest BCUT2D eigenvalue weighted by molar-refractivity contribution is -0.132. The zero-order valence-electron chi connectivity index (χ0n) is 13.7. The Morgan fingerprint density at radius 1 is 1.38 bits per heavy atom. The van der Waals surface area contributed by atoms with E-state index >= 15 is 0 Å². The van der Waals surface area contributed by atoms with Crippen LogP contribution in [0.25, 0.3) is 10.2 Å². The number of imide groups is 1. The van der Waals surface area contributed by atoms with E-state index in [2.05, 4.69) is 22.5 Å². The molecular formula is C16H18N4O3S. The minimum Gasteiger partial charge on any atom is -0.324 e. The van der Waals surface area contributed by atoms with Crippen LogP contribution in [0.15, 0.2) is 18.2 Å². The van der Waals surface area contributed by atoms with Gasteiger partial charge in [-0.15, -0.1) is 0 Å². The van der Waals surface area contributed by atoms with Crippen molar-refractivity contribution in [3.05, 3.63) is 23.8 Å². The smallest absolute Gasteiger partial charge is 0.324 e. The SMILES string of the molecule is CCc1ccc2nc(NC(=O)CN3C(=O)NC(C)(C)C3=O)sc2c1. The number of carbonyl (C=O) groups is 3. The zero-order valence-corrected chi connectivity index (χ0v) is 14.5. The standard InChI is InChI=1S/C16H18N4O3S/c1-4-9-5-6-10-11(7-9)24-14(17-10)18-12(21)8-20-13(22)16(2,3)19-15(20)23/h5-7H,4,8H2,1-3H3,(H,19,23)(H,17,18,21). The van der Waals surface area contributed by atoms with E-state index in [1.165, 1.54) is 16.9 Å². The summed E-state index contributed by atoms with van der Waals surface area (Å²) in [6.07, 6.45) is 0.928. The van der Waals surface area contributed by atoms with Gasteiger partial charge in [-0.1, -0.05) is 24.3 Å². The first-order chi connectivity index (χ1) is 11.3. The predicted octanol–water partition coefficient (Wildman–Crippen LogP) is 2.13. The number of urea groups is 1. The maximum atomic E-state index is 12.2. The number of thiazole rings is 1. The van der Waals surface area contributed by atoms with Gasteiger partial charge in [0.2, 0.25) is 5.91 Å². The molecule has 1 aliphatic heterocycles. The fourth-order valence-electron chi connectivity index (χ4n) is 2.51. The lowest BCUT2D eigenvalue weighted by Gasteiger charge is -2.15. The highest BCUT2D eigenvalue weighted by atomic mass is 32.1. The normalized spacial score (nSPS) is 16.5. The molecule has 0 aliphatic carbocycles. The van der Waals surface area contributed by atoms with Gasteiger partial charge in [0.25, 0.3) is 5.91 Å². The first-order valence-corrected chi connectivity index (χ1v) is 8.45. The quantitative estimate of drug-likeness (QED) is 0.830. The molecule has 2 N–H and O–H groups in total. The van der Waals surface area contributed by atoms with Crippen molar-refractivity contribution in [2.45, 2.75) is 32.7 Å². The monoisotopic (exact) mass is 346 g/mol. The van der Waals surface area contributed by atoms with Crippen LogP contribution in [0.5, 0.6) is 0 Å². The maximum Gasteiger partial charge on any atom is 0.325 e. The third-order valence-corrected chi connectivity index (χ3v) is 4.79. The average molecular weight is 346 g/mol. The summed E-state index contributed by atoms with van der Waals surface area (Å²) < 4.78 is 0.987. The van der Waals surface area contributed by atoms with Crippen LogP contribution >= 0.6 is 11.3 Å². The molecule has 1 fully saturated rings. The predicted molar refractivity (Wildman–Crippen MR) is 92.0 cm³/mol. The summed E-state index contributed by atoms with van der Waals surface area (Å²) >= 11 is 1.37. The summed E-state index contributed by atoms with van der Waals surface area (Å²) in [5.41, 5.74) is 1.03. The van der Waals surface area contributed by atoms with Crippen molar-refractivity contribution >= 4 is 44.5 Å². The number of benzene rings is 1. The number of aryl methyl sites for hydroxylation is 1. The van der Waals surface area contributed by atoms with Crippen LogP contribution in [0.2, 0.25) is 0 Å². The van der Waals surface area contributed by atoms with Gasteiger partial charge in [0.05, 0.1) is 10.2 Å². The highest BCUT2D eigenvalue weighted by Crippen LogP contribution is 2.27. The van der Waals surface area contributed by atoms with E-state index in [1.807, 2.05) is 18.2 Å². The molecule has 0 atom stereocenters. The Morgan fingerprint density at radius 2 is 2.12 bits per heavy atom. The number of hydrogen-bond acceptors (Lipinski definition) is 5. The number of amides is 4. The van der Waals surface area contributed by atoms with E-state index in [-0.39, 0.29) is 6.54 Å². The lowest BCUT2D eigenvalue weighted by Crippen LogP contribution is -2.41. The lowest BCUT2D eigenvalue weighted by atomic mass is 10.1. The summed E-state index contributed by atoms with van der Waals surface area (Å²) in [5, 5.41) is 5.65. The molecule has 24 heavy (non-hydrogen) atoms. The molecule has 0 bridgehead atoms. The molecule has 1 aliphatic rings. The number of anilines is 1.